The summed E-state index contributed by atoms with van der Waals surface area (Å²) in [6.07, 6.45) is 5.22. The van der Waals surface area contributed by atoms with Gasteiger partial charge in [0.05, 0.1) is 18.6 Å². The molecule has 0 bridgehead atoms. The van der Waals surface area contributed by atoms with Gasteiger partial charge in [-0.05, 0) is 25.1 Å². The summed E-state index contributed by atoms with van der Waals surface area (Å²) >= 11 is 3.72. The van der Waals surface area contributed by atoms with Gasteiger partial charge < -0.3 is 19.5 Å². The minimum absolute atomic E-state index is 0.0370. The standard InChI is InChI=1S/C17H20BrNO3/c1-19-6-4-11-12(18)8-13(21-2)16-15(11)17(9-19)5-3-10(20)7-14(17)22-16/h3,5,8,10,14,20H,4,6-7,9H2,1-2H3/t10-,14?,17?/m0/s1. The highest BCUT2D eigenvalue weighted by Gasteiger charge is 2.53. The number of benzene rings is 1. The molecule has 3 atom stereocenters. The maximum Gasteiger partial charge on any atom is 0.166 e. The van der Waals surface area contributed by atoms with Crippen molar-refractivity contribution >= 4 is 15.9 Å². The Labute approximate surface area is 138 Å². The number of likely N-dealkylation sites (N-methyl/N-ethyl adjacent to an activating group) is 1. The molecule has 0 saturated heterocycles. The van der Waals surface area contributed by atoms with Gasteiger partial charge in [-0.15, -0.1) is 0 Å². The molecule has 5 heteroatoms. The quantitative estimate of drug-likeness (QED) is 0.775. The molecule has 118 valence electrons. The molecule has 2 aliphatic heterocycles. The van der Waals surface area contributed by atoms with E-state index in [0.29, 0.717) is 6.42 Å². The summed E-state index contributed by atoms with van der Waals surface area (Å²) in [4.78, 5) is 2.35. The smallest absolute Gasteiger partial charge is 0.166 e. The lowest BCUT2D eigenvalue weighted by Gasteiger charge is -2.37. The van der Waals surface area contributed by atoms with E-state index in [1.165, 1.54) is 11.1 Å². The molecule has 1 N–H and O–H groups in total. The van der Waals surface area contributed by atoms with Crippen LogP contribution in [0, 0.1) is 0 Å². The normalized spacial score (nSPS) is 32.9. The molecule has 22 heavy (non-hydrogen) atoms. The van der Waals surface area contributed by atoms with Gasteiger partial charge >= 0.3 is 0 Å². The molecule has 1 aliphatic carbocycles. The zero-order valence-corrected chi connectivity index (χ0v) is 14.4. The van der Waals surface area contributed by atoms with E-state index in [1.807, 2.05) is 12.1 Å². The summed E-state index contributed by atoms with van der Waals surface area (Å²) in [5, 5.41) is 10.0. The largest absolute Gasteiger partial charge is 0.493 e. The molecule has 2 heterocycles. The van der Waals surface area contributed by atoms with Gasteiger partial charge in [-0.1, -0.05) is 28.1 Å². The molecule has 2 unspecified atom stereocenters. The Bertz CT molecular complexity index is 660. The molecule has 0 fully saturated rings. The maximum absolute atomic E-state index is 10.0. The van der Waals surface area contributed by atoms with Gasteiger partial charge in [-0.25, -0.2) is 0 Å². The second-order valence-electron chi connectivity index (χ2n) is 6.54. The second-order valence-corrected chi connectivity index (χ2v) is 7.39. The number of nitrogens with zero attached hydrogens (tertiary/aromatic N) is 1. The van der Waals surface area contributed by atoms with E-state index in [2.05, 4.69) is 34.0 Å². The molecule has 1 aromatic rings. The maximum atomic E-state index is 10.0. The van der Waals surface area contributed by atoms with Crippen molar-refractivity contribution in [2.45, 2.75) is 30.5 Å². The number of ether oxygens (including phenoxy) is 2. The van der Waals surface area contributed by atoms with Gasteiger partial charge in [0.1, 0.15) is 6.10 Å². The second kappa shape index (κ2) is 4.98. The molecule has 0 aromatic heterocycles. The molecule has 0 saturated carbocycles. The first-order valence-corrected chi connectivity index (χ1v) is 8.47. The van der Waals surface area contributed by atoms with Crippen molar-refractivity contribution < 1.29 is 14.6 Å². The fourth-order valence-corrected chi connectivity index (χ4v) is 4.76. The summed E-state index contributed by atoms with van der Waals surface area (Å²) in [6, 6.07) is 2.00. The van der Waals surface area contributed by atoms with E-state index >= 15 is 0 Å². The molecule has 0 amide bonds. The van der Waals surface area contributed by atoms with Crippen molar-refractivity contribution in [3.05, 3.63) is 33.8 Å². The summed E-state index contributed by atoms with van der Waals surface area (Å²) in [6.45, 7) is 1.92. The number of rotatable bonds is 1. The van der Waals surface area contributed by atoms with Gasteiger partial charge in [0.15, 0.2) is 11.5 Å². The van der Waals surface area contributed by atoms with Crippen LogP contribution in [0.1, 0.15) is 17.5 Å². The van der Waals surface area contributed by atoms with Crippen molar-refractivity contribution in [2.75, 3.05) is 27.2 Å². The van der Waals surface area contributed by atoms with Crippen LogP contribution < -0.4 is 9.47 Å². The van der Waals surface area contributed by atoms with Crippen molar-refractivity contribution in [2.24, 2.45) is 0 Å². The molecule has 3 aliphatic rings. The van der Waals surface area contributed by atoms with Crippen molar-refractivity contribution in [3.8, 4) is 11.5 Å². The zero-order valence-electron chi connectivity index (χ0n) is 12.8. The van der Waals surface area contributed by atoms with Crippen LogP contribution in [0.4, 0.5) is 0 Å². The average Bonchev–Trinajstić information content (AvgIpc) is 2.71. The van der Waals surface area contributed by atoms with Gasteiger partial charge in [0, 0.05) is 29.5 Å². The molecule has 1 spiro atoms. The number of methoxy groups -OCH3 is 1. The highest BCUT2D eigenvalue weighted by atomic mass is 79.9. The van der Waals surface area contributed by atoms with Crippen LogP contribution in [-0.2, 0) is 11.8 Å². The predicted molar refractivity (Wildman–Crippen MR) is 87.8 cm³/mol. The van der Waals surface area contributed by atoms with Gasteiger partial charge in [0.2, 0.25) is 0 Å². The lowest BCUT2D eigenvalue weighted by atomic mass is 9.70. The first kappa shape index (κ1) is 14.5. The van der Waals surface area contributed by atoms with Crippen LogP contribution in [0.15, 0.2) is 22.7 Å². The molecular formula is C17H20BrNO3. The average molecular weight is 366 g/mol. The van der Waals surface area contributed by atoms with Gasteiger partial charge in [0.25, 0.3) is 0 Å². The molecule has 1 aromatic carbocycles. The van der Waals surface area contributed by atoms with Crippen LogP contribution >= 0.6 is 15.9 Å². The molecular weight excluding hydrogens is 346 g/mol. The fraction of sp³-hybridized carbons (Fsp3) is 0.529. The number of aliphatic hydroxyl groups is 1. The van der Waals surface area contributed by atoms with Crippen molar-refractivity contribution in [3.63, 3.8) is 0 Å². The predicted octanol–water partition coefficient (Wildman–Crippen LogP) is 2.27. The van der Waals surface area contributed by atoms with Crippen LogP contribution in [0.25, 0.3) is 0 Å². The first-order chi connectivity index (χ1) is 10.5. The van der Waals surface area contributed by atoms with Crippen molar-refractivity contribution in [1.82, 2.24) is 4.90 Å². The summed E-state index contributed by atoms with van der Waals surface area (Å²) in [5.41, 5.74) is 2.37. The zero-order chi connectivity index (χ0) is 15.5. The lowest BCUT2D eigenvalue weighted by molar-refractivity contribution is 0.0757. The Morgan fingerprint density at radius 3 is 3.09 bits per heavy atom. The van der Waals surface area contributed by atoms with Gasteiger partial charge in [-0.3, -0.25) is 0 Å². The van der Waals surface area contributed by atoms with Crippen molar-refractivity contribution in [1.29, 1.82) is 0 Å². The Kier molecular flexibility index (Phi) is 3.29. The topological polar surface area (TPSA) is 41.9 Å². The third kappa shape index (κ3) is 1.88. The molecule has 4 nitrogen and oxygen atoms in total. The third-order valence-electron chi connectivity index (χ3n) is 5.17. The number of hydrogen-bond acceptors (Lipinski definition) is 4. The van der Waals surface area contributed by atoms with E-state index in [4.69, 9.17) is 9.47 Å². The Hall–Kier alpha value is -1.04. The van der Waals surface area contributed by atoms with Crippen LogP contribution in [0.2, 0.25) is 0 Å². The van der Waals surface area contributed by atoms with Gasteiger partial charge in [-0.2, -0.15) is 0 Å². The third-order valence-corrected chi connectivity index (χ3v) is 5.87. The van der Waals surface area contributed by atoms with Crippen LogP contribution in [0.5, 0.6) is 11.5 Å². The van der Waals surface area contributed by atoms with E-state index in [9.17, 15) is 5.11 Å². The number of aliphatic hydroxyl groups excluding tert-OH is 1. The number of halogens is 1. The van der Waals surface area contributed by atoms with E-state index in [0.717, 1.165) is 35.5 Å². The fourth-order valence-electron chi connectivity index (χ4n) is 4.15. The monoisotopic (exact) mass is 365 g/mol. The minimum Gasteiger partial charge on any atom is -0.493 e. The number of hydrogen-bond donors (Lipinski definition) is 1. The Morgan fingerprint density at radius 2 is 2.32 bits per heavy atom. The minimum atomic E-state index is -0.434. The highest BCUT2D eigenvalue weighted by Crippen LogP contribution is 2.55. The van der Waals surface area contributed by atoms with E-state index < -0.39 is 6.10 Å². The summed E-state index contributed by atoms with van der Waals surface area (Å²) in [7, 11) is 3.83. The summed E-state index contributed by atoms with van der Waals surface area (Å²) in [5.74, 6) is 1.63. The summed E-state index contributed by atoms with van der Waals surface area (Å²) < 4.78 is 12.9. The highest BCUT2D eigenvalue weighted by molar-refractivity contribution is 9.10. The molecule has 0 radical (unpaired) electrons. The van der Waals surface area contributed by atoms with Crippen LogP contribution in [-0.4, -0.2) is 49.5 Å². The van der Waals surface area contributed by atoms with Crippen LogP contribution in [0.3, 0.4) is 0 Å². The van der Waals surface area contributed by atoms with E-state index in [1.54, 1.807) is 7.11 Å². The lowest BCUT2D eigenvalue weighted by Crippen LogP contribution is -2.48. The molecule has 4 rings (SSSR count). The first-order valence-electron chi connectivity index (χ1n) is 7.67. The SMILES string of the molecule is COc1cc(Br)c2c3c1OC1C[C@@H](O)C=CC31CN(C)CC2. The Balaban J connectivity index is 2.00. The Morgan fingerprint density at radius 1 is 1.50 bits per heavy atom. The van der Waals surface area contributed by atoms with E-state index in [-0.39, 0.29) is 11.5 Å².